The summed E-state index contributed by atoms with van der Waals surface area (Å²) in [6.07, 6.45) is -14.7. The Morgan fingerprint density at radius 2 is 1.76 bits per heavy atom. The maximum atomic E-state index is 13.2. The van der Waals surface area contributed by atoms with Crippen LogP contribution in [-0.2, 0) is 14.2 Å². The van der Waals surface area contributed by atoms with Gasteiger partial charge in [0.1, 0.15) is 19.3 Å². The van der Waals surface area contributed by atoms with Crippen molar-refractivity contribution >= 4 is 6.16 Å². The van der Waals surface area contributed by atoms with Crippen molar-refractivity contribution in [2.24, 2.45) is 0 Å². The fraction of sp³-hybridized carbons (Fsp3) is 0.889. The topological polar surface area (TPSA) is 44.8 Å². The first-order valence-electron chi connectivity index (χ1n) is 5.26. The van der Waals surface area contributed by atoms with Gasteiger partial charge in [0.05, 0.1) is 6.42 Å². The molecule has 0 saturated carbocycles. The van der Waals surface area contributed by atoms with E-state index in [9.17, 15) is 39.9 Å². The van der Waals surface area contributed by atoms with Crippen LogP contribution < -0.4 is 0 Å². The highest BCUT2D eigenvalue weighted by atomic mass is 19.3. The minimum absolute atomic E-state index is 0.738. The molecule has 21 heavy (non-hydrogen) atoms. The SMILES string of the molecule is O=C1OCC(CC(F)(F)C(F)(F)OCC(F)(F)C(F)F)O1. The molecule has 1 saturated heterocycles. The lowest BCUT2D eigenvalue weighted by atomic mass is 10.1. The van der Waals surface area contributed by atoms with E-state index < -0.39 is 56.3 Å². The van der Waals surface area contributed by atoms with Crippen LogP contribution in [0.15, 0.2) is 0 Å². The molecule has 0 bridgehead atoms. The molecular formula is C9H8F8O4. The Balaban J connectivity index is 2.64. The molecule has 1 aliphatic rings. The number of hydrogen-bond donors (Lipinski definition) is 0. The van der Waals surface area contributed by atoms with Crippen molar-refractivity contribution < 1.29 is 54.1 Å². The Morgan fingerprint density at radius 3 is 2.19 bits per heavy atom. The molecule has 12 heteroatoms. The molecule has 1 fully saturated rings. The predicted molar refractivity (Wildman–Crippen MR) is 47.6 cm³/mol. The molecule has 4 nitrogen and oxygen atoms in total. The van der Waals surface area contributed by atoms with Crippen molar-refractivity contribution in [1.82, 2.24) is 0 Å². The molecule has 0 N–H and O–H groups in total. The fourth-order valence-corrected chi connectivity index (χ4v) is 1.23. The van der Waals surface area contributed by atoms with Crippen molar-refractivity contribution in [2.45, 2.75) is 36.9 Å². The smallest absolute Gasteiger partial charge is 0.430 e. The first-order valence-corrected chi connectivity index (χ1v) is 5.26. The molecule has 124 valence electrons. The largest absolute Gasteiger partial charge is 0.508 e. The number of cyclic esters (lactones) is 2. The van der Waals surface area contributed by atoms with Crippen LogP contribution in [0.4, 0.5) is 39.9 Å². The van der Waals surface area contributed by atoms with Crippen LogP contribution >= 0.6 is 0 Å². The molecule has 1 heterocycles. The normalized spacial score (nSPS) is 20.6. The van der Waals surface area contributed by atoms with Crippen LogP contribution in [0.1, 0.15) is 6.42 Å². The van der Waals surface area contributed by atoms with Gasteiger partial charge in [-0.1, -0.05) is 0 Å². The van der Waals surface area contributed by atoms with E-state index >= 15 is 0 Å². The van der Waals surface area contributed by atoms with E-state index in [2.05, 4.69) is 14.2 Å². The zero-order chi connectivity index (χ0) is 16.5. The highest BCUT2D eigenvalue weighted by Crippen LogP contribution is 2.41. The molecule has 1 unspecified atom stereocenters. The van der Waals surface area contributed by atoms with Gasteiger partial charge < -0.3 is 14.2 Å². The lowest BCUT2D eigenvalue weighted by Crippen LogP contribution is -2.48. The molecule has 0 aliphatic carbocycles. The molecule has 0 aromatic carbocycles. The van der Waals surface area contributed by atoms with Crippen molar-refractivity contribution in [3.05, 3.63) is 0 Å². The molecular weight excluding hydrogens is 324 g/mol. The summed E-state index contributed by atoms with van der Waals surface area (Å²) >= 11 is 0. The summed E-state index contributed by atoms with van der Waals surface area (Å²) in [5.74, 6) is -10.0. The number of carbonyl (C=O) groups is 1. The Morgan fingerprint density at radius 1 is 1.19 bits per heavy atom. The molecule has 1 atom stereocenters. The predicted octanol–water partition coefficient (Wildman–Crippen LogP) is 3.06. The molecule has 0 aromatic heterocycles. The van der Waals surface area contributed by atoms with Gasteiger partial charge in [0, 0.05) is 0 Å². The van der Waals surface area contributed by atoms with Crippen molar-refractivity contribution in [2.75, 3.05) is 13.2 Å². The minimum Gasteiger partial charge on any atom is -0.430 e. The minimum atomic E-state index is -5.46. The van der Waals surface area contributed by atoms with Crippen LogP contribution in [0.3, 0.4) is 0 Å². The summed E-state index contributed by atoms with van der Waals surface area (Å²) in [7, 11) is 0. The average molecular weight is 332 g/mol. The fourth-order valence-electron chi connectivity index (χ4n) is 1.23. The second-order valence-corrected chi connectivity index (χ2v) is 4.08. The number of halogens is 8. The number of alkyl halides is 8. The zero-order valence-corrected chi connectivity index (χ0v) is 9.93. The van der Waals surface area contributed by atoms with E-state index in [1.165, 1.54) is 0 Å². The van der Waals surface area contributed by atoms with Crippen LogP contribution in [0.25, 0.3) is 0 Å². The summed E-state index contributed by atoms with van der Waals surface area (Å²) in [6.45, 7) is -3.34. The Bertz CT molecular complexity index is 386. The number of rotatable bonds is 7. The number of hydrogen-bond acceptors (Lipinski definition) is 4. The second-order valence-electron chi connectivity index (χ2n) is 4.08. The highest BCUT2D eigenvalue weighted by molar-refractivity contribution is 5.61. The molecule has 0 spiro atoms. The van der Waals surface area contributed by atoms with Gasteiger partial charge in [-0.15, -0.1) is 0 Å². The van der Waals surface area contributed by atoms with Gasteiger partial charge >= 0.3 is 30.5 Å². The second kappa shape index (κ2) is 5.81. The summed E-state index contributed by atoms with van der Waals surface area (Å²) in [4.78, 5) is 10.4. The summed E-state index contributed by atoms with van der Waals surface area (Å²) in [5, 5.41) is 0. The summed E-state index contributed by atoms with van der Waals surface area (Å²) < 4.78 is 112. The van der Waals surface area contributed by atoms with Gasteiger partial charge in [0.15, 0.2) is 0 Å². The Hall–Kier alpha value is -1.33. The molecule has 0 aromatic rings. The maximum absolute atomic E-state index is 13.2. The Labute approximate surface area is 111 Å². The lowest BCUT2D eigenvalue weighted by Gasteiger charge is -2.28. The van der Waals surface area contributed by atoms with Gasteiger partial charge in [0.2, 0.25) is 0 Å². The molecule has 0 radical (unpaired) electrons. The highest BCUT2D eigenvalue weighted by Gasteiger charge is 2.61. The van der Waals surface area contributed by atoms with E-state index in [-0.39, 0.29) is 0 Å². The van der Waals surface area contributed by atoms with Crippen LogP contribution in [-0.4, -0.2) is 49.9 Å². The van der Waals surface area contributed by atoms with Crippen LogP contribution in [0.5, 0.6) is 0 Å². The monoisotopic (exact) mass is 332 g/mol. The first kappa shape index (κ1) is 17.7. The van der Waals surface area contributed by atoms with Crippen molar-refractivity contribution in [1.29, 1.82) is 0 Å². The van der Waals surface area contributed by atoms with E-state index in [0.717, 1.165) is 0 Å². The Kier molecular flexibility index (Phi) is 4.90. The standard InChI is InChI=1S/C9H8F8O4/c10-5(11)7(12,13)3-20-9(16,17)8(14,15)1-4-2-19-6(18)21-4/h4-5H,1-3H2. The van der Waals surface area contributed by atoms with E-state index in [1.807, 2.05) is 0 Å². The molecule has 0 amide bonds. The third-order valence-corrected chi connectivity index (χ3v) is 2.32. The van der Waals surface area contributed by atoms with E-state index in [4.69, 9.17) is 0 Å². The van der Waals surface area contributed by atoms with E-state index in [0.29, 0.717) is 0 Å². The molecule has 1 rings (SSSR count). The van der Waals surface area contributed by atoms with Crippen LogP contribution in [0, 0.1) is 0 Å². The van der Waals surface area contributed by atoms with Crippen molar-refractivity contribution in [3.8, 4) is 0 Å². The van der Waals surface area contributed by atoms with Gasteiger partial charge in [-0.2, -0.15) is 26.3 Å². The lowest BCUT2D eigenvalue weighted by molar-refractivity contribution is -0.367. The number of ether oxygens (including phenoxy) is 3. The third kappa shape index (κ3) is 4.32. The number of carbonyl (C=O) groups excluding carboxylic acids is 1. The van der Waals surface area contributed by atoms with Crippen molar-refractivity contribution in [3.63, 3.8) is 0 Å². The van der Waals surface area contributed by atoms with Crippen LogP contribution in [0.2, 0.25) is 0 Å². The quantitative estimate of drug-likeness (QED) is 0.531. The third-order valence-electron chi connectivity index (χ3n) is 2.32. The van der Waals surface area contributed by atoms with Gasteiger partial charge in [-0.25, -0.2) is 13.6 Å². The summed E-state index contributed by atoms with van der Waals surface area (Å²) in [5.41, 5.74) is 0. The summed E-state index contributed by atoms with van der Waals surface area (Å²) in [6, 6.07) is 0. The average Bonchev–Trinajstić information content (AvgIpc) is 2.71. The van der Waals surface area contributed by atoms with Gasteiger partial charge in [-0.05, 0) is 0 Å². The van der Waals surface area contributed by atoms with Gasteiger partial charge in [0.25, 0.3) is 0 Å². The van der Waals surface area contributed by atoms with E-state index in [1.54, 1.807) is 0 Å². The zero-order valence-electron chi connectivity index (χ0n) is 9.93. The maximum Gasteiger partial charge on any atom is 0.508 e. The first-order chi connectivity index (χ1) is 9.37. The van der Waals surface area contributed by atoms with Gasteiger partial charge in [-0.3, -0.25) is 0 Å². The molecule has 1 aliphatic heterocycles.